The fraction of sp³-hybridized carbons (Fsp3) is 0.476. The van der Waals surface area contributed by atoms with Gasteiger partial charge in [0.25, 0.3) is 0 Å². The lowest BCUT2D eigenvalue weighted by atomic mass is 9.91. The van der Waals surface area contributed by atoms with E-state index in [2.05, 4.69) is 25.9 Å². The largest absolute Gasteiger partial charge is 0.486 e. The van der Waals surface area contributed by atoms with Gasteiger partial charge in [0.1, 0.15) is 19.0 Å². The van der Waals surface area contributed by atoms with Gasteiger partial charge in [0.15, 0.2) is 16.6 Å². The number of rotatable bonds is 5. The van der Waals surface area contributed by atoms with Crippen LogP contribution in [0.5, 0.6) is 11.5 Å². The Balaban J connectivity index is 1.23. The predicted molar refractivity (Wildman–Crippen MR) is 123 cm³/mol. The van der Waals surface area contributed by atoms with E-state index in [-0.39, 0.29) is 0 Å². The number of nitrogens with one attached hydrogen (secondary N) is 3. The Labute approximate surface area is 182 Å². The van der Waals surface area contributed by atoms with Crippen molar-refractivity contribution >= 4 is 34.8 Å². The summed E-state index contributed by atoms with van der Waals surface area (Å²) in [5.74, 6) is 3.12. The quantitative estimate of drug-likeness (QED) is 0.622. The average Bonchev–Trinajstić information content (AvgIpc) is 2.75. The van der Waals surface area contributed by atoms with Gasteiger partial charge in [-0.05, 0) is 56.1 Å². The molecule has 1 aliphatic heterocycles. The van der Waals surface area contributed by atoms with Crippen LogP contribution < -0.4 is 30.3 Å². The Morgan fingerprint density at radius 3 is 2.53 bits per heavy atom. The van der Waals surface area contributed by atoms with Gasteiger partial charge in [-0.25, -0.2) is 4.98 Å². The van der Waals surface area contributed by atoms with Gasteiger partial charge in [-0.3, -0.25) is 0 Å². The SMILES string of the molecule is CN(C)c1ccnc(NC2CCC(NC(=S)Nc3ccc4c(c3)OCCO4)CC2)n1. The van der Waals surface area contributed by atoms with Crippen LogP contribution >= 0.6 is 12.2 Å². The van der Waals surface area contributed by atoms with E-state index < -0.39 is 0 Å². The first-order chi connectivity index (χ1) is 14.6. The van der Waals surface area contributed by atoms with E-state index >= 15 is 0 Å². The monoisotopic (exact) mass is 428 g/mol. The highest BCUT2D eigenvalue weighted by atomic mass is 32.1. The zero-order valence-electron chi connectivity index (χ0n) is 17.4. The van der Waals surface area contributed by atoms with Gasteiger partial charge >= 0.3 is 0 Å². The summed E-state index contributed by atoms with van der Waals surface area (Å²) in [6.07, 6.45) is 5.95. The maximum Gasteiger partial charge on any atom is 0.224 e. The van der Waals surface area contributed by atoms with E-state index in [1.807, 2.05) is 43.3 Å². The molecule has 2 aromatic rings. The molecule has 1 aromatic carbocycles. The lowest BCUT2D eigenvalue weighted by Gasteiger charge is -2.30. The van der Waals surface area contributed by atoms with Crippen molar-refractivity contribution in [2.75, 3.05) is 42.8 Å². The molecular weight excluding hydrogens is 400 g/mol. The Morgan fingerprint density at radius 1 is 1.03 bits per heavy atom. The second-order valence-corrected chi connectivity index (χ2v) is 8.19. The van der Waals surface area contributed by atoms with Crippen LogP contribution in [0.1, 0.15) is 25.7 Å². The van der Waals surface area contributed by atoms with Gasteiger partial charge in [-0.15, -0.1) is 0 Å². The van der Waals surface area contributed by atoms with Crippen LogP contribution in [0.2, 0.25) is 0 Å². The molecule has 30 heavy (non-hydrogen) atoms. The summed E-state index contributed by atoms with van der Waals surface area (Å²) in [6.45, 7) is 1.16. The Morgan fingerprint density at radius 2 is 1.77 bits per heavy atom. The second-order valence-electron chi connectivity index (χ2n) is 7.78. The third-order valence-electron chi connectivity index (χ3n) is 5.29. The Bertz CT molecular complexity index is 886. The molecule has 0 unspecified atom stereocenters. The smallest absolute Gasteiger partial charge is 0.224 e. The molecule has 4 rings (SSSR count). The lowest BCUT2D eigenvalue weighted by molar-refractivity contribution is 0.171. The van der Waals surface area contributed by atoms with E-state index in [0.29, 0.717) is 36.4 Å². The van der Waals surface area contributed by atoms with E-state index in [1.165, 1.54) is 0 Å². The molecule has 0 amide bonds. The third-order valence-corrected chi connectivity index (χ3v) is 5.51. The van der Waals surface area contributed by atoms with E-state index in [1.54, 1.807) is 6.20 Å². The topological polar surface area (TPSA) is 83.6 Å². The van der Waals surface area contributed by atoms with Gasteiger partial charge < -0.3 is 30.3 Å². The number of hydrogen-bond donors (Lipinski definition) is 3. The van der Waals surface area contributed by atoms with Crippen LogP contribution in [-0.2, 0) is 0 Å². The first-order valence-corrected chi connectivity index (χ1v) is 10.7. The molecule has 0 bridgehead atoms. The van der Waals surface area contributed by atoms with Crippen molar-refractivity contribution < 1.29 is 9.47 Å². The van der Waals surface area contributed by atoms with Crippen LogP contribution in [-0.4, -0.2) is 54.5 Å². The predicted octanol–water partition coefficient (Wildman–Crippen LogP) is 3.02. The van der Waals surface area contributed by atoms with Gasteiger partial charge in [0.05, 0.1) is 0 Å². The molecule has 9 heteroatoms. The Kier molecular flexibility index (Phi) is 6.37. The normalized spacial score (nSPS) is 20.2. The van der Waals surface area contributed by atoms with Gasteiger partial charge in [-0.2, -0.15) is 4.98 Å². The molecule has 0 spiro atoms. The molecule has 0 atom stereocenters. The summed E-state index contributed by atoms with van der Waals surface area (Å²) in [5.41, 5.74) is 0.894. The second kappa shape index (κ2) is 9.34. The van der Waals surface area contributed by atoms with Crippen molar-refractivity contribution in [2.24, 2.45) is 0 Å². The number of aromatic nitrogens is 2. The molecule has 1 fully saturated rings. The van der Waals surface area contributed by atoms with Gasteiger partial charge in [-0.1, -0.05) is 0 Å². The molecule has 1 saturated carbocycles. The number of ether oxygens (including phenoxy) is 2. The van der Waals surface area contributed by atoms with Crippen molar-refractivity contribution in [2.45, 2.75) is 37.8 Å². The fourth-order valence-corrected chi connectivity index (χ4v) is 3.99. The zero-order chi connectivity index (χ0) is 20.9. The van der Waals surface area contributed by atoms with Gasteiger partial charge in [0.2, 0.25) is 5.95 Å². The summed E-state index contributed by atoms with van der Waals surface area (Å²) in [5, 5.41) is 10.8. The van der Waals surface area contributed by atoms with Crippen molar-refractivity contribution in [3.05, 3.63) is 30.5 Å². The molecule has 0 radical (unpaired) electrons. The van der Waals surface area contributed by atoms with Crippen molar-refractivity contribution in [1.82, 2.24) is 15.3 Å². The van der Waals surface area contributed by atoms with Crippen LogP contribution in [0.15, 0.2) is 30.5 Å². The molecule has 2 aliphatic rings. The summed E-state index contributed by atoms with van der Waals surface area (Å²) < 4.78 is 11.2. The number of thiocarbonyl (C=S) groups is 1. The first kappa shape index (κ1) is 20.5. The first-order valence-electron chi connectivity index (χ1n) is 10.3. The zero-order valence-corrected chi connectivity index (χ0v) is 18.2. The molecular formula is C21H28N6O2S. The summed E-state index contributed by atoms with van der Waals surface area (Å²) in [4.78, 5) is 10.9. The number of nitrogens with zero attached hydrogens (tertiary/aromatic N) is 3. The maximum absolute atomic E-state index is 5.63. The minimum absolute atomic E-state index is 0.356. The van der Waals surface area contributed by atoms with Crippen LogP contribution in [0, 0.1) is 0 Å². The number of fused-ring (bicyclic) bond motifs is 1. The Hall–Kier alpha value is -2.81. The molecule has 1 aliphatic carbocycles. The lowest BCUT2D eigenvalue weighted by Crippen LogP contribution is -2.42. The number of benzene rings is 1. The number of anilines is 3. The molecule has 8 nitrogen and oxygen atoms in total. The summed E-state index contributed by atoms with van der Waals surface area (Å²) >= 11 is 5.51. The maximum atomic E-state index is 5.63. The van der Waals surface area contributed by atoms with E-state index in [9.17, 15) is 0 Å². The minimum Gasteiger partial charge on any atom is -0.486 e. The third kappa shape index (κ3) is 5.21. The fourth-order valence-electron chi connectivity index (χ4n) is 3.71. The molecule has 2 heterocycles. The molecule has 0 saturated heterocycles. The summed E-state index contributed by atoms with van der Waals surface area (Å²) in [7, 11) is 3.95. The molecule has 1 aromatic heterocycles. The van der Waals surface area contributed by atoms with E-state index in [4.69, 9.17) is 21.7 Å². The van der Waals surface area contributed by atoms with Crippen molar-refractivity contribution in [3.8, 4) is 11.5 Å². The van der Waals surface area contributed by atoms with E-state index in [0.717, 1.165) is 48.7 Å². The van der Waals surface area contributed by atoms with Crippen molar-refractivity contribution in [1.29, 1.82) is 0 Å². The molecule has 3 N–H and O–H groups in total. The van der Waals surface area contributed by atoms with Gasteiger partial charge in [0, 0.05) is 44.1 Å². The summed E-state index contributed by atoms with van der Waals surface area (Å²) in [6, 6.07) is 8.41. The van der Waals surface area contributed by atoms with Crippen LogP contribution in [0.4, 0.5) is 17.5 Å². The highest BCUT2D eigenvalue weighted by Crippen LogP contribution is 2.32. The molecule has 160 valence electrons. The van der Waals surface area contributed by atoms with Crippen molar-refractivity contribution in [3.63, 3.8) is 0 Å². The minimum atomic E-state index is 0.356. The number of hydrogen-bond acceptors (Lipinski definition) is 7. The van der Waals surface area contributed by atoms with Crippen LogP contribution in [0.25, 0.3) is 0 Å². The average molecular weight is 429 g/mol. The highest BCUT2D eigenvalue weighted by molar-refractivity contribution is 7.80. The van der Waals surface area contributed by atoms with Crippen LogP contribution in [0.3, 0.4) is 0 Å². The highest BCUT2D eigenvalue weighted by Gasteiger charge is 2.22. The standard InChI is InChI=1S/C21H28N6O2S/c1-27(2)19-9-10-22-20(26-19)23-14-3-5-15(6-4-14)24-21(30)25-16-7-8-17-18(13-16)29-12-11-28-17/h7-10,13-15H,3-6,11-12H2,1-2H3,(H,22,23,26)(H2,24,25,30).